The van der Waals surface area contributed by atoms with Crippen molar-refractivity contribution in [3.63, 3.8) is 0 Å². The van der Waals surface area contributed by atoms with Crippen LogP contribution in [-0.4, -0.2) is 44.8 Å². The Morgan fingerprint density at radius 1 is 1.40 bits per heavy atom. The number of aliphatic imine (C=N–C) groups is 1. The van der Waals surface area contributed by atoms with Crippen LogP contribution in [0.15, 0.2) is 28.1 Å². The molecule has 1 atom stereocenters. The molecule has 8 heteroatoms. The van der Waals surface area contributed by atoms with Gasteiger partial charge in [-0.25, -0.2) is 8.42 Å². The van der Waals surface area contributed by atoms with Crippen molar-refractivity contribution in [3.8, 4) is 0 Å². The number of halogens is 1. The van der Waals surface area contributed by atoms with Crippen molar-refractivity contribution in [2.75, 3.05) is 18.5 Å². The molecule has 1 amide bonds. The van der Waals surface area contributed by atoms with Crippen molar-refractivity contribution in [1.82, 2.24) is 4.90 Å². The van der Waals surface area contributed by atoms with Gasteiger partial charge in [-0.15, -0.1) is 0 Å². The van der Waals surface area contributed by atoms with Gasteiger partial charge in [0.2, 0.25) is 5.96 Å². The van der Waals surface area contributed by atoms with Crippen molar-refractivity contribution in [1.29, 1.82) is 0 Å². The van der Waals surface area contributed by atoms with Gasteiger partial charge in [-0.1, -0.05) is 0 Å². The number of hydrogen-bond donors (Lipinski definition) is 0. The monoisotopic (exact) mass is 313 g/mol. The molecule has 2 aliphatic rings. The van der Waals surface area contributed by atoms with E-state index in [0.717, 1.165) is 0 Å². The number of carbonyl (C=O) groups excluding carboxylic acids is 1. The van der Waals surface area contributed by atoms with E-state index in [4.69, 9.17) is 10.7 Å². The smallest absolute Gasteiger partial charge is 0.262 e. The van der Waals surface area contributed by atoms with E-state index in [1.165, 1.54) is 17.0 Å². The van der Waals surface area contributed by atoms with Crippen molar-refractivity contribution in [2.24, 2.45) is 4.99 Å². The van der Waals surface area contributed by atoms with Crippen molar-refractivity contribution in [3.05, 3.63) is 23.8 Å². The lowest BCUT2D eigenvalue weighted by atomic mass is 10.1. The van der Waals surface area contributed by atoms with E-state index in [2.05, 4.69) is 4.99 Å². The Labute approximate surface area is 121 Å². The molecule has 0 bridgehead atoms. The number of guanidine groups is 1. The highest BCUT2D eigenvalue weighted by atomic mass is 35.7. The second-order valence-corrected chi connectivity index (χ2v) is 7.41. The normalized spacial score (nSPS) is 21.6. The summed E-state index contributed by atoms with van der Waals surface area (Å²) in [5, 5.41) is 0. The van der Waals surface area contributed by atoms with Crippen molar-refractivity contribution < 1.29 is 13.2 Å². The molecule has 0 spiro atoms. The molecular weight excluding hydrogens is 302 g/mol. The van der Waals surface area contributed by atoms with Gasteiger partial charge >= 0.3 is 0 Å². The van der Waals surface area contributed by atoms with E-state index < -0.39 is 9.05 Å². The van der Waals surface area contributed by atoms with Crippen LogP contribution in [0.2, 0.25) is 0 Å². The third-order valence-electron chi connectivity index (χ3n) is 3.50. The van der Waals surface area contributed by atoms with E-state index >= 15 is 0 Å². The Kier molecular flexibility index (Phi) is 2.81. The van der Waals surface area contributed by atoms with Crippen LogP contribution in [-0.2, 0) is 9.05 Å². The van der Waals surface area contributed by atoms with Crippen LogP contribution < -0.4 is 4.90 Å². The Morgan fingerprint density at radius 3 is 2.75 bits per heavy atom. The van der Waals surface area contributed by atoms with Gasteiger partial charge < -0.3 is 4.90 Å². The predicted octanol–water partition coefficient (Wildman–Crippen LogP) is 1.26. The molecule has 0 N–H and O–H groups in total. The first kappa shape index (κ1) is 13.4. The molecule has 0 fully saturated rings. The van der Waals surface area contributed by atoms with E-state index in [0.29, 0.717) is 23.8 Å². The van der Waals surface area contributed by atoms with Gasteiger partial charge in [-0.3, -0.25) is 14.7 Å². The fourth-order valence-electron chi connectivity index (χ4n) is 2.50. The highest BCUT2D eigenvalue weighted by molar-refractivity contribution is 8.13. The van der Waals surface area contributed by atoms with Crippen LogP contribution in [0, 0.1) is 0 Å². The maximum atomic E-state index is 12.3. The first-order valence-corrected chi connectivity index (χ1v) is 8.32. The SMILES string of the molecule is C[C@@H]1CN=C2N(C)C(=O)c3cc(S(=O)(=O)Cl)ccc3N21. The summed E-state index contributed by atoms with van der Waals surface area (Å²) in [4.78, 5) is 20.0. The third kappa shape index (κ3) is 1.81. The Hall–Kier alpha value is -1.60. The minimum Gasteiger partial charge on any atom is -0.307 e. The van der Waals surface area contributed by atoms with E-state index in [1.807, 2.05) is 11.8 Å². The number of fused-ring (bicyclic) bond motifs is 3. The van der Waals surface area contributed by atoms with Crippen molar-refractivity contribution >= 4 is 37.3 Å². The molecule has 2 aliphatic heterocycles. The lowest BCUT2D eigenvalue weighted by molar-refractivity contribution is 0.0865. The molecule has 0 aliphatic carbocycles. The molecule has 0 unspecified atom stereocenters. The number of nitrogens with zero attached hydrogens (tertiary/aromatic N) is 3. The van der Waals surface area contributed by atoms with E-state index in [1.54, 1.807) is 13.1 Å². The summed E-state index contributed by atoms with van der Waals surface area (Å²) in [5.74, 6) is 0.308. The zero-order chi connectivity index (χ0) is 14.7. The molecule has 0 aromatic heterocycles. The second-order valence-electron chi connectivity index (χ2n) is 4.84. The standard InChI is InChI=1S/C12H12ClN3O3S/c1-7-6-14-12-15(2)11(17)9-5-8(20(13,18)19)3-4-10(9)16(7)12/h3-5,7H,6H2,1-2H3/t7-/m1/s1. The maximum absolute atomic E-state index is 12.3. The molecule has 0 saturated heterocycles. The largest absolute Gasteiger partial charge is 0.307 e. The summed E-state index contributed by atoms with van der Waals surface area (Å²) in [6, 6.07) is 4.45. The number of carbonyl (C=O) groups is 1. The first-order chi connectivity index (χ1) is 9.30. The molecule has 1 aromatic carbocycles. The van der Waals surface area contributed by atoms with Crippen LogP contribution >= 0.6 is 10.7 Å². The summed E-state index contributed by atoms with van der Waals surface area (Å²) in [6.07, 6.45) is 0. The van der Waals surface area contributed by atoms with Gasteiger partial charge in [0.25, 0.3) is 15.0 Å². The van der Waals surface area contributed by atoms with Crippen LogP contribution in [0.4, 0.5) is 5.69 Å². The van der Waals surface area contributed by atoms with Gasteiger partial charge in [0, 0.05) is 17.7 Å². The van der Waals surface area contributed by atoms with Crippen LogP contribution in [0.5, 0.6) is 0 Å². The summed E-state index contributed by atoms with van der Waals surface area (Å²) in [5.41, 5.74) is 0.989. The molecule has 2 heterocycles. The zero-order valence-corrected chi connectivity index (χ0v) is 12.4. The van der Waals surface area contributed by atoms with Crippen LogP contribution in [0.1, 0.15) is 17.3 Å². The molecule has 0 radical (unpaired) electrons. The van der Waals surface area contributed by atoms with Gasteiger partial charge in [-0.05, 0) is 25.1 Å². The maximum Gasteiger partial charge on any atom is 0.262 e. The van der Waals surface area contributed by atoms with Crippen molar-refractivity contribution in [2.45, 2.75) is 17.9 Å². The number of rotatable bonds is 1. The van der Waals surface area contributed by atoms with Gasteiger partial charge in [0.05, 0.1) is 28.7 Å². The topological polar surface area (TPSA) is 70.0 Å². The van der Waals surface area contributed by atoms with Gasteiger partial charge in [-0.2, -0.15) is 0 Å². The second kappa shape index (κ2) is 4.20. The summed E-state index contributed by atoms with van der Waals surface area (Å²) < 4.78 is 22.8. The highest BCUT2D eigenvalue weighted by Gasteiger charge is 2.38. The molecule has 20 heavy (non-hydrogen) atoms. The third-order valence-corrected chi connectivity index (χ3v) is 4.85. The average molecular weight is 314 g/mol. The van der Waals surface area contributed by atoms with E-state index in [-0.39, 0.29) is 16.8 Å². The number of benzene rings is 1. The molecule has 0 saturated carbocycles. The zero-order valence-electron chi connectivity index (χ0n) is 10.9. The lowest BCUT2D eigenvalue weighted by Crippen LogP contribution is -2.50. The predicted molar refractivity (Wildman–Crippen MR) is 75.8 cm³/mol. The quantitative estimate of drug-likeness (QED) is 0.732. The highest BCUT2D eigenvalue weighted by Crippen LogP contribution is 2.34. The van der Waals surface area contributed by atoms with Gasteiger partial charge in [0.1, 0.15) is 0 Å². The number of anilines is 1. The first-order valence-electron chi connectivity index (χ1n) is 6.01. The molecule has 3 rings (SSSR count). The molecular formula is C12H12ClN3O3S. The van der Waals surface area contributed by atoms with Crippen LogP contribution in [0.3, 0.4) is 0 Å². The molecule has 1 aromatic rings. The van der Waals surface area contributed by atoms with E-state index in [9.17, 15) is 13.2 Å². The van der Waals surface area contributed by atoms with Gasteiger partial charge in [0.15, 0.2) is 0 Å². The summed E-state index contributed by atoms with van der Waals surface area (Å²) in [6.45, 7) is 2.60. The Bertz CT molecular complexity index is 744. The lowest BCUT2D eigenvalue weighted by Gasteiger charge is -2.36. The fourth-order valence-corrected chi connectivity index (χ4v) is 3.28. The minimum atomic E-state index is -3.86. The molecule has 6 nitrogen and oxygen atoms in total. The van der Waals surface area contributed by atoms with Crippen LogP contribution in [0.25, 0.3) is 0 Å². The average Bonchev–Trinajstić information content (AvgIpc) is 2.76. The Morgan fingerprint density at radius 2 is 2.10 bits per heavy atom. The summed E-state index contributed by atoms with van der Waals surface area (Å²) >= 11 is 0. The molecule has 106 valence electrons. The Balaban J connectivity index is 2.22. The number of hydrogen-bond acceptors (Lipinski definition) is 5. The minimum absolute atomic E-state index is 0.0769. The number of amides is 1. The fraction of sp³-hybridized carbons (Fsp3) is 0.333. The summed E-state index contributed by atoms with van der Waals surface area (Å²) in [7, 11) is 3.10.